The summed E-state index contributed by atoms with van der Waals surface area (Å²) in [7, 11) is 0. The van der Waals surface area contributed by atoms with Gasteiger partial charge >= 0.3 is 0 Å². The second-order valence-corrected chi connectivity index (χ2v) is 11.0. The van der Waals surface area contributed by atoms with Crippen LogP contribution in [0.15, 0.2) is 108 Å². The maximum absolute atomic E-state index is 14.5. The predicted molar refractivity (Wildman–Crippen MR) is 158 cm³/mol. The van der Waals surface area contributed by atoms with E-state index in [4.69, 9.17) is 4.99 Å². The lowest BCUT2D eigenvalue weighted by Gasteiger charge is -2.33. The Morgan fingerprint density at radius 1 is 0.690 bits per heavy atom. The lowest BCUT2D eigenvalue weighted by molar-refractivity contribution is -0.130. The molecule has 0 atom stereocenters. The van der Waals surface area contributed by atoms with E-state index in [-0.39, 0.29) is 11.7 Å². The molecule has 1 saturated heterocycles. The van der Waals surface area contributed by atoms with Gasteiger partial charge in [-0.3, -0.25) is 9.69 Å². The summed E-state index contributed by atoms with van der Waals surface area (Å²) in [5, 5.41) is 0. The van der Waals surface area contributed by atoms with Gasteiger partial charge in [0.2, 0.25) is 0 Å². The molecule has 2 heterocycles. The maximum atomic E-state index is 14.5. The van der Waals surface area contributed by atoms with Gasteiger partial charge in [-0.1, -0.05) is 66.7 Å². The molecule has 6 rings (SSSR count). The minimum Gasteiger partial charge on any atom is -0.303 e. The summed E-state index contributed by atoms with van der Waals surface area (Å²) in [6.45, 7) is 3.14. The van der Waals surface area contributed by atoms with Crippen molar-refractivity contribution in [1.29, 1.82) is 0 Å². The molecule has 0 aliphatic carbocycles. The lowest BCUT2D eigenvalue weighted by atomic mass is 9.82. The zero-order valence-corrected chi connectivity index (χ0v) is 23.2. The number of piperidine rings is 1. The van der Waals surface area contributed by atoms with Crippen LogP contribution in [0.25, 0.3) is 0 Å². The molecule has 0 radical (unpaired) electrons. The monoisotopic (exact) mass is 567 g/mol. The summed E-state index contributed by atoms with van der Waals surface area (Å²) in [4.78, 5) is 23.7. The Labute approximate surface area is 244 Å². The molecule has 1 fully saturated rings. The van der Waals surface area contributed by atoms with Crippen LogP contribution in [0.4, 0.5) is 13.2 Å². The molecule has 0 spiro atoms. The van der Waals surface area contributed by atoms with Crippen molar-refractivity contribution >= 4 is 11.7 Å². The fourth-order valence-electron chi connectivity index (χ4n) is 6.18. The number of carbonyl (C=O) groups excluding carboxylic acids is 1. The zero-order chi connectivity index (χ0) is 29.1. The van der Waals surface area contributed by atoms with E-state index in [1.165, 1.54) is 42.0 Å². The fraction of sp³-hybridized carbons (Fsp3) is 0.257. The Morgan fingerprint density at radius 3 is 1.76 bits per heavy atom. The molecule has 7 heteroatoms. The van der Waals surface area contributed by atoms with Gasteiger partial charge in [0.05, 0.1) is 0 Å². The number of aliphatic imine (C=N–C) groups is 1. The third-order valence-corrected chi connectivity index (χ3v) is 8.42. The Bertz CT molecular complexity index is 1500. The zero-order valence-electron chi connectivity index (χ0n) is 23.2. The van der Waals surface area contributed by atoms with Gasteiger partial charge in [-0.2, -0.15) is 0 Å². The van der Waals surface area contributed by atoms with Crippen molar-refractivity contribution in [2.75, 3.05) is 26.2 Å². The van der Waals surface area contributed by atoms with E-state index in [0.29, 0.717) is 29.4 Å². The molecule has 1 amide bonds. The number of nitrogens with zero attached hydrogens (tertiary/aromatic N) is 3. The van der Waals surface area contributed by atoms with Gasteiger partial charge in [-0.15, -0.1) is 0 Å². The van der Waals surface area contributed by atoms with Gasteiger partial charge in [-0.05, 0) is 97.9 Å². The average molecular weight is 568 g/mol. The van der Waals surface area contributed by atoms with Gasteiger partial charge in [0, 0.05) is 12.1 Å². The van der Waals surface area contributed by atoms with Gasteiger partial charge < -0.3 is 4.90 Å². The first-order valence-corrected chi connectivity index (χ1v) is 14.4. The van der Waals surface area contributed by atoms with Crippen molar-refractivity contribution < 1.29 is 18.0 Å². The third kappa shape index (κ3) is 5.49. The van der Waals surface area contributed by atoms with Crippen LogP contribution in [-0.4, -0.2) is 47.7 Å². The number of benzene rings is 4. The molecule has 0 saturated carbocycles. The van der Waals surface area contributed by atoms with Crippen molar-refractivity contribution in [2.45, 2.75) is 30.7 Å². The molecule has 42 heavy (non-hydrogen) atoms. The summed E-state index contributed by atoms with van der Waals surface area (Å²) in [5.41, 5.74) is 1.58. The highest BCUT2D eigenvalue weighted by atomic mass is 19.1. The van der Waals surface area contributed by atoms with E-state index in [9.17, 15) is 18.0 Å². The minimum atomic E-state index is -1.46. The second kappa shape index (κ2) is 11.9. The van der Waals surface area contributed by atoms with Crippen molar-refractivity contribution in [3.8, 4) is 0 Å². The van der Waals surface area contributed by atoms with Crippen molar-refractivity contribution in [1.82, 2.24) is 9.80 Å². The van der Waals surface area contributed by atoms with Crippen LogP contribution in [0.3, 0.4) is 0 Å². The molecular weight excluding hydrogens is 535 g/mol. The number of carbonyl (C=O) groups is 1. The normalized spacial score (nSPS) is 17.5. The number of amides is 1. The summed E-state index contributed by atoms with van der Waals surface area (Å²) >= 11 is 0. The predicted octanol–water partition coefficient (Wildman–Crippen LogP) is 6.91. The average Bonchev–Trinajstić information content (AvgIpc) is 3.32. The molecule has 0 unspecified atom stereocenters. The number of halogens is 3. The maximum Gasteiger partial charge on any atom is 0.265 e. The quantitative estimate of drug-likeness (QED) is 0.232. The molecule has 0 aromatic heterocycles. The summed E-state index contributed by atoms with van der Waals surface area (Å²) in [6.07, 6.45) is 2.74. The fourth-order valence-corrected chi connectivity index (χ4v) is 6.18. The highest BCUT2D eigenvalue weighted by Gasteiger charge is 2.51. The number of hydrogen-bond donors (Lipinski definition) is 0. The molecule has 2 aliphatic heterocycles. The highest BCUT2D eigenvalue weighted by molar-refractivity contribution is 6.16. The smallest absolute Gasteiger partial charge is 0.265 e. The van der Waals surface area contributed by atoms with Crippen LogP contribution in [0.1, 0.15) is 47.4 Å². The standard InChI is InChI=1S/C35H32F3N3O/c36-30-13-7-25(8-14-30)26-19-23-40(24-20-26)21-4-22-41-33(27-5-2-1-3-6-27)39-35(34(41)42,28-9-15-31(37)16-10-28)29-11-17-32(38)18-12-29/h1-3,5-18,26H,4,19-24H2. The first-order valence-electron chi connectivity index (χ1n) is 14.4. The first kappa shape index (κ1) is 27.9. The molecule has 4 aromatic carbocycles. The molecular formula is C35H32F3N3O. The number of hydrogen-bond acceptors (Lipinski definition) is 3. The minimum absolute atomic E-state index is 0.214. The van der Waals surface area contributed by atoms with Gasteiger partial charge in [-0.25, -0.2) is 18.2 Å². The van der Waals surface area contributed by atoms with Crippen molar-refractivity contribution in [2.24, 2.45) is 4.99 Å². The van der Waals surface area contributed by atoms with Crippen LogP contribution in [0.2, 0.25) is 0 Å². The van der Waals surface area contributed by atoms with E-state index in [0.717, 1.165) is 44.5 Å². The third-order valence-electron chi connectivity index (χ3n) is 8.42. The number of rotatable bonds is 8. The van der Waals surface area contributed by atoms with E-state index < -0.39 is 17.2 Å². The van der Waals surface area contributed by atoms with E-state index >= 15 is 0 Å². The van der Waals surface area contributed by atoms with Crippen molar-refractivity contribution in [3.63, 3.8) is 0 Å². The van der Waals surface area contributed by atoms with Crippen LogP contribution in [0.5, 0.6) is 0 Å². The largest absolute Gasteiger partial charge is 0.303 e. The molecule has 4 aromatic rings. The number of amidine groups is 1. The Morgan fingerprint density at radius 2 is 1.21 bits per heavy atom. The van der Waals surface area contributed by atoms with E-state index in [1.807, 2.05) is 42.5 Å². The van der Waals surface area contributed by atoms with E-state index in [2.05, 4.69) is 4.90 Å². The molecule has 214 valence electrons. The van der Waals surface area contributed by atoms with Crippen LogP contribution < -0.4 is 0 Å². The molecule has 0 bridgehead atoms. The lowest BCUT2D eigenvalue weighted by Crippen LogP contribution is -2.43. The van der Waals surface area contributed by atoms with Gasteiger partial charge in [0.1, 0.15) is 23.3 Å². The second-order valence-electron chi connectivity index (χ2n) is 11.0. The first-order chi connectivity index (χ1) is 20.4. The molecule has 0 N–H and O–H groups in total. The molecule has 4 nitrogen and oxygen atoms in total. The van der Waals surface area contributed by atoms with Crippen LogP contribution in [0, 0.1) is 17.5 Å². The number of likely N-dealkylation sites (tertiary alicyclic amines) is 1. The summed E-state index contributed by atoms with van der Waals surface area (Å²) < 4.78 is 41.2. The Hall–Kier alpha value is -4.23. The van der Waals surface area contributed by atoms with E-state index in [1.54, 1.807) is 29.2 Å². The summed E-state index contributed by atoms with van der Waals surface area (Å²) in [5.74, 6) is -0.310. The SMILES string of the molecule is O=C1N(CCCN2CCC(c3ccc(F)cc3)CC2)C(c2ccccc2)=NC1(c1ccc(F)cc1)c1ccc(F)cc1. The Balaban J connectivity index is 1.24. The highest BCUT2D eigenvalue weighted by Crippen LogP contribution is 2.41. The van der Waals surface area contributed by atoms with Crippen LogP contribution >= 0.6 is 0 Å². The Kier molecular flexibility index (Phi) is 7.94. The van der Waals surface area contributed by atoms with Crippen molar-refractivity contribution in [3.05, 3.63) is 143 Å². The molecule has 2 aliphatic rings. The summed E-state index contributed by atoms with van der Waals surface area (Å²) in [6, 6.07) is 28.0. The van der Waals surface area contributed by atoms with Gasteiger partial charge in [0.15, 0.2) is 5.54 Å². The van der Waals surface area contributed by atoms with Gasteiger partial charge in [0.25, 0.3) is 5.91 Å². The topological polar surface area (TPSA) is 35.9 Å². The van der Waals surface area contributed by atoms with Crippen LogP contribution in [-0.2, 0) is 10.3 Å².